The minimum Gasteiger partial charge on any atom is -0.481 e. The van der Waals surface area contributed by atoms with E-state index >= 15 is 0 Å². The Hall–Kier alpha value is -2.14. The fourth-order valence-electron chi connectivity index (χ4n) is 2.56. The lowest BCUT2D eigenvalue weighted by atomic mass is 10.1. The van der Waals surface area contributed by atoms with E-state index < -0.39 is 5.97 Å². The van der Waals surface area contributed by atoms with Crippen molar-refractivity contribution in [3.8, 4) is 0 Å². The largest absolute Gasteiger partial charge is 0.481 e. The Balaban J connectivity index is 1.88. The molecule has 0 atom stereocenters. The van der Waals surface area contributed by atoms with Crippen LogP contribution in [0.15, 0.2) is 42.0 Å². The summed E-state index contributed by atoms with van der Waals surface area (Å²) < 4.78 is 2.20. The molecule has 0 radical (unpaired) electrons. The predicted molar refractivity (Wildman–Crippen MR) is 83.7 cm³/mol. The number of aromatic nitrogens is 2. The molecular formula is C16H16N2O2S. The zero-order valence-electron chi connectivity index (χ0n) is 11.5. The van der Waals surface area contributed by atoms with Crippen LogP contribution in [0.5, 0.6) is 0 Å². The zero-order chi connectivity index (χ0) is 14.7. The normalized spacial score (nSPS) is 11.0. The number of fused-ring (bicyclic) bond motifs is 1. The van der Waals surface area contributed by atoms with E-state index in [0.717, 1.165) is 18.0 Å². The van der Waals surface area contributed by atoms with Crippen molar-refractivity contribution in [2.75, 3.05) is 0 Å². The Kier molecular flexibility index (Phi) is 4.01. The number of aryl methyl sites for hydroxylation is 1. The van der Waals surface area contributed by atoms with E-state index in [0.29, 0.717) is 6.42 Å². The Bertz CT molecular complexity index is 747. The van der Waals surface area contributed by atoms with Crippen LogP contribution < -0.4 is 0 Å². The average Bonchev–Trinajstić information content (AvgIpc) is 3.09. The standard InChI is InChI=1S/C16H16N2O2S/c19-16(20)7-3-4-12-10-18(11-15-17-8-9-21-15)14-6-2-1-5-13(12)14/h1-2,5-6,8-10H,3-4,7,11H2,(H,19,20). The van der Waals surface area contributed by atoms with Crippen molar-refractivity contribution in [2.45, 2.75) is 25.8 Å². The number of carboxylic acids is 1. The number of benzene rings is 1. The monoisotopic (exact) mass is 300 g/mol. The molecule has 4 nitrogen and oxygen atoms in total. The first-order valence-corrected chi connectivity index (χ1v) is 7.79. The summed E-state index contributed by atoms with van der Waals surface area (Å²) in [6, 6.07) is 8.26. The van der Waals surface area contributed by atoms with Crippen molar-refractivity contribution < 1.29 is 9.90 Å². The van der Waals surface area contributed by atoms with Gasteiger partial charge in [-0.1, -0.05) is 18.2 Å². The van der Waals surface area contributed by atoms with E-state index in [-0.39, 0.29) is 6.42 Å². The van der Waals surface area contributed by atoms with Gasteiger partial charge in [0, 0.05) is 35.1 Å². The summed E-state index contributed by atoms with van der Waals surface area (Å²) in [6.07, 6.45) is 5.62. The number of nitrogens with zero attached hydrogens (tertiary/aromatic N) is 2. The molecule has 1 N–H and O–H groups in total. The van der Waals surface area contributed by atoms with E-state index in [1.165, 1.54) is 16.5 Å². The summed E-state index contributed by atoms with van der Waals surface area (Å²) in [5.41, 5.74) is 2.39. The average molecular weight is 300 g/mol. The van der Waals surface area contributed by atoms with Gasteiger partial charge in [0.1, 0.15) is 5.01 Å². The molecule has 2 heterocycles. The summed E-state index contributed by atoms with van der Waals surface area (Å²) in [4.78, 5) is 15.0. The second-order valence-corrected chi connectivity index (χ2v) is 5.95. The number of carbonyl (C=O) groups is 1. The number of hydrogen-bond donors (Lipinski definition) is 1. The molecule has 0 saturated carbocycles. The van der Waals surface area contributed by atoms with Crippen molar-refractivity contribution in [1.29, 1.82) is 0 Å². The molecule has 108 valence electrons. The number of thiazole rings is 1. The van der Waals surface area contributed by atoms with E-state index in [4.69, 9.17) is 5.11 Å². The molecule has 3 rings (SSSR count). The van der Waals surface area contributed by atoms with Gasteiger partial charge in [-0.05, 0) is 24.5 Å². The Labute approximate surface area is 126 Å². The number of hydrogen-bond acceptors (Lipinski definition) is 3. The van der Waals surface area contributed by atoms with Gasteiger partial charge in [-0.25, -0.2) is 4.98 Å². The van der Waals surface area contributed by atoms with E-state index in [1.807, 2.05) is 23.7 Å². The minimum absolute atomic E-state index is 0.214. The fraction of sp³-hybridized carbons (Fsp3) is 0.250. The Morgan fingerprint density at radius 1 is 1.33 bits per heavy atom. The highest BCUT2D eigenvalue weighted by Crippen LogP contribution is 2.24. The van der Waals surface area contributed by atoms with Gasteiger partial charge < -0.3 is 9.67 Å². The molecule has 0 aliphatic rings. The van der Waals surface area contributed by atoms with Crippen LogP contribution in [0.3, 0.4) is 0 Å². The van der Waals surface area contributed by atoms with E-state index in [9.17, 15) is 4.79 Å². The summed E-state index contributed by atoms with van der Waals surface area (Å²) in [7, 11) is 0. The van der Waals surface area contributed by atoms with Crippen LogP contribution in [0.4, 0.5) is 0 Å². The molecule has 0 saturated heterocycles. The van der Waals surface area contributed by atoms with E-state index in [1.54, 1.807) is 11.3 Å². The van der Waals surface area contributed by atoms with Crippen molar-refractivity contribution >= 4 is 28.2 Å². The maximum absolute atomic E-state index is 10.7. The van der Waals surface area contributed by atoms with Crippen LogP contribution in [0.1, 0.15) is 23.4 Å². The highest BCUT2D eigenvalue weighted by Gasteiger charge is 2.09. The second-order valence-electron chi connectivity index (χ2n) is 4.97. The first-order chi connectivity index (χ1) is 10.2. The first kappa shape index (κ1) is 13.8. The third kappa shape index (κ3) is 3.13. The molecule has 0 bridgehead atoms. The Morgan fingerprint density at radius 2 is 2.19 bits per heavy atom. The highest BCUT2D eigenvalue weighted by molar-refractivity contribution is 7.09. The number of aliphatic carboxylic acids is 1. The minimum atomic E-state index is -0.735. The van der Waals surface area contributed by atoms with Gasteiger partial charge >= 0.3 is 5.97 Å². The second kappa shape index (κ2) is 6.10. The molecule has 1 aromatic carbocycles. The van der Waals surface area contributed by atoms with Gasteiger partial charge in [0.2, 0.25) is 0 Å². The molecule has 0 aliphatic carbocycles. The molecular weight excluding hydrogens is 284 g/mol. The Morgan fingerprint density at radius 3 is 2.95 bits per heavy atom. The summed E-state index contributed by atoms with van der Waals surface area (Å²) in [6.45, 7) is 0.761. The smallest absolute Gasteiger partial charge is 0.303 e. The van der Waals surface area contributed by atoms with Crippen LogP contribution in [-0.2, 0) is 17.8 Å². The molecule has 0 spiro atoms. The molecule has 0 aliphatic heterocycles. The van der Waals surface area contributed by atoms with Gasteiger partial charge in [-0.15, -0.1) is 11.3 Å². The van der Waals surface area contributed by atoms with Crippen molar-refractivity contribution in [2.24, 2.45) is 0 Å². The van der Waals surface area contributed by atoms with Crippen molar-refractivity contribution in [1.82, 2.24) is 9.55 Å². The number of carboxylic acid groups (broad SMARTS) is 1. The third-order valence-electron chi connectivity index (χ3n) is 3.50. The molecule has 2 aromatic heterocycles. The zero-order valence-corrected chi connectivity index (χ0v) is 12.3. The highest BCUT2D eigenvalue weighted by atomic mass is 32.1. The molecule has 0 unspecified atom stereocenters. The third-order valence-corrected chi connectivity index (χ3v) is 4.26. The van der Waals surface area contributed by atoms with Crippen LogP contribution in [0.2, 0.25) is 0 Å². The van der Waals surface area contributed by atoms with Gasteiger partial charge in [0.15, 0.2) is 0 Å². The van der Waals surface area contributed by atoms with Crippen molar-refractivity contribution in [3.05, 3.63) is 52.6 Å². The van der Waals surface area contributed by atoms with Crippen LogP contribution >= 0.6 is 11.3 Å². The first-order valence-electron chi connectivity index (χ1n) is 6.91. The predicted octanol–water partition coefficient (Wildman–Crippen LogP) is 3.55. The fourth-order valence-corrected chi connectivity index (χ4v) is 3.17. The van der Waals surface area contributed by atoms with Crippen molar-refractivity contribution in [3.63, 3.8) is 0 Å². The quantitative estimate of drug-likeness (QED) is 0.757. The van der Waals surface area contributed by atoms with Crippen LogP contribution in [0, 0.1) is 0 Å². The van der Waals surface area contributed by atoms with Gasteiger partial charge in [0.25, 0.3) is 0 Å². The molecule has 5 heteroatoms. The van der Waals surface area contributed by atoms with Crippen LogP contribution in [-0.4, -0.2) is 20.6 Å². The SMILES string of the molecule is O=C(O)CCCc1cn(Cc2nccs2)c2ccccc12. The number of rotatable bonds is 6. The number of para-hydroxylation sites is 1. The summed E-state index contributed by atoms with van der Waals surface area (Å²) in [5.74, 6) is -0.735. The van der Waals surface area contributed by atoms with Gasteiger partial charge in [-0.2, -0.15) is 0 Å². The molecule has 3 aromatic rings. The lowest BCUT2D eigenvalue weighted by Gasteiger charge is -2.01. The summed E-state index contributed by atoms with van der Waals surface area (Å²) in [5, 5.41) is 13.0. The molecule has 0 amide bonds. The maximum atomic E-state index is 10.7. The maximum Gasteiger partial charge on any atom is 0.303 e. The molecule has 21 heavy (non-hydrogen) atoms. The van der Waals surface area contributed by atoms with E-state index in [2.05, 4.69) is 27.9 Å². The van der Waals surface area contributed by atoms with Gasteiger partial charge in [0.05, 0.1) is 6.54 Å². The van der Waals surface area contributed by atoms with Gasteiger partial charge in [-0.3, -0.25) is 4.79 Å². The topological polar surface area (TPSA) is 55.1 Å². The van der Waals surface area contributed by atoms with Crippen LogP contribution in [0.25, 0.3) is 10.9 Å². The summed E-state index contributed by atoms with van der Waals surface area (Å²) >= 11 is 1.65. The lowest BCUT2D eigenvalue weighted by molar-refractivity contribution is -0.137. The lowest BCUT2D eigenvalue weighted by Crippen LogP contribution is -1.97. The molecule has 0 fully saturated rings.